The maximum Gasteiger partial charge on any atom is 0.251 e. The standard InChI is InChI=1S/C16H14FN5O3/c1-2-19-13(23)9-22-8-10(3-4-14(22)24)15-20-21-16(25-15)11-5-12(17)7-18-6-11/h3-8H,2,9H2,1H3,(H,19,23). The largest absolute Gasteiger partial charge is 0.416 e. The second kappa shape index (κ2) is 7.04. The summed E-state index contributed by atoms with van der Waals surface area (Å²) in [6.45, 7) is 2.15. The molecule has 0 bridgehead atoms. The molecule has 0 fully saturated rings. The molecule has 0 aliphatic heterocycles. The Kier molecular flexibility index (Phi) is 4.64. The lowest BCUT2D eigenvalue weighted by molar-refractivity contribution is -0.121. The van der Waals surface area contributed by atoms with E-state index < -0.39 is 5.82 Å². The van der Waals surface area contributed by atoms with Gasteiger partial charge in [-0.15, -0.1) is 10.2 Å². The monoisotopic (exact) mass is 343 g/mol. The van der Waals surface area contributed by atoms with Gasteiger partial charge in [-0.2, -0.15) is 0 Å². The Balaban J connectivity index is 1.90. The van der Waals surface area contributed by atoms with E-state index in [1.807, 2.05) is 0 Å². The molecule has 0 atom stereocenters. The van der Waals surface area contributed by atoms with Crippen LogP contribution >= 0.6 is 0 Å². The lowest BCUT2D eigenvalue weighted by Crippen LogP contribution is -2.31. The summed E-state index contributed by atoms with van der Waals surface area (Å²) in [6.07, 6.45) is 3.92. The molecule has 128 valence electrons. The maximum atomic E-state index is 13.2. The average molecular weight is 343 g/mol. The van der Waals surface area contributed by atoms with Gasteiger partial charge >= 0.3 is 0 Å². The number of nitrogens with zero attached hydrogens (tertiary/aromatic N) is 4. The van der Waals surface area contributed by atoms with Crippen molar-refractivity contribution in [3.05, 3.63) is 53.0 Å². The topological polar surface area (TPSA) is 103 Å². The quantitative estimate of drug-likeness (QED) is 0.747. The molecule has 0 aromatic carbocycles. The Morgan fingerprint density at radius 1 is 1.24 bits per heavy atom. The van der Waals surface area contributed by atoms with E-state index in [0.717, 1.165) is 6.20 Å². The first-order valence-electron chi connectivity index (χ1n) is 7.49. The molecule has 1 N–H and O–H groups in total. The predicted molar refractivity (Wildman–Crippen MR) is 85.9 cm³/mol. The molecule has 0 saturated carbocycles. The molecule has 0 aliphatic rings. The van der Waals surface area contributed by atoms with Crippen molar-refractivity contribution >= 4 is 5.91 Å². The van der Waals surface area contributed by atoms with E-state index in [1.54, 1.807) is 6.92 Å². The third-order valence-corrected chi connectivity index (χ3v) is 3.30. The minimum absolute atomic E-state index is 0.100. The van der Waals surface area contributed by atoms with Crippen LogP contribution in [0.3, 0.4) is 0 Å². The molecule has 1 amide bonds. The van der Waals surface area contributed by atoms with E-state index in [4.69, 9.17) is 4.42 Å². The summed E-state index contributed by atoms with van der Waals surface area (Å²) in [6, 6.07) is 4.04. The average Bonchev–Trinajstić information content (AvgIpc) is 3.07. The van der Waals surface area contributed by atoms with Crippen molar-refractivity contribution in [3.8, 4) is 22.9 Å². The Hall–Kier alpha value is -3.36. The molecule has 0 radical (unpaired) electrons. The van der Waals surface area contributed by atoms with Gasteiger partial charge in [0.1, 0.15) is 12.4 Å². The smallest absolute Gasteiger partial charge is 0.251 e. The first-order valence-corrected chi connectivity index (χ1v) is 7.49. The molecule has 3 rings (SSSR count). The third kappa shape index (κ3) is 3.77. The van der Waals surface area contributed by atoms with Crippen LogP contribution in [-0.4, -0.2) is 32.2 Å². The molecule has 3 aromatic heterocycles. The second-order valence-electron chi connectivity index (χ2n) is 5.14. The molecule has 8 nitrogen and oxygen atoms in total. The van der Waals surface area contributed by atoms with Crippen molar-refractivity contribution in [1.29, 1.82) is 0 Å². The van der Waals surface area contributed by atoms with E-state index >= 15 is 0 Å². The van der Waals surface area contributed by atoms with Gasteiger partial charge in [-0.25, -0.2) is 4.39 Å². The number of pyridine rings is 2. The summed E-state index contributed by atoms with van der Waals surface area (Å²) >= 11 is 0. The number of rotatable bonds is 5. The summed E-state index contributed by atoms with van der Waals surface area (Å²) in [5.74, 6) is -0.557. The van der Waals surface area contributed by atoms with Crippen molar-refractivity contribution in [2.75, 3.05) is 6.54 Å². The Bertz CT molecular complexity index is 966. The van der Waals surface area contributed by atoms with E-state index in [1.165, 1.54) is 35.2 Å². The van der Waals surface area contributed by atoms with Crippen LogP contribution in [-0.2, 0) is 11.3 Å². The molecule has 0 aliphatic carbocycles. The SMILES string of the molecule is CCNC(=O)Cn1cc(-c2nnc(-c3cncc(F)c3)o2)ccc1=O. The fourth-order valence-electron chi connectivity index (χ4n) is 2.17. The Morgan fingerprint density at radius 3 is 2.72 bits per heavy atom. The zero-order valence-electron chi connectivity index (χ0n) is 13.3. The molecule has 0 spiro atoms. The summed E-state index contributed by atoms with van der Waals surface area (Å²) in [7, 11) is 0. The summed E-state index contributed by atoms with van der Waals surface area (Å²) in [4.78, 5) is 27.3. The van der Waals surface area contributed by atoms with Gasteiger partial charge in [0, 0.05) is 25.0 Å². The summed E-state index contributed by atoms with van der Waals surface area (Å²) in [5, 5.41) is 10.4. The van der Waals surface area contributed by atoms with Gasteiger partial charge < -0.3 is 14.3 Å². The number of hydrogen-bond donors (Lipinski definition) is 1. The molecule has 0 unspecified atom stereocenters. The first kappa shape index (κ1) is 16.5. The van der Waals surface area contributed by atoms with Crippen LogP contribution in [0.1, 0.15) is 6.92 Å². The Morgan fingerprint density at radius 2 is 2.00 bits per heavy atom. The third-order valence-electron chi connectivity index (χ3n) is 3.30. The van der Waals surface area contributed by atoms with Gasteiger partial charge in [-0.1, -0.05) is 0 Å². The van der Waals surface area contributed by atoms with Gasteiger partial charge in [0.25, 0.3) is 5.56 Å². The molecule has 3 aromatic rings. The Labute approximate surface area is 141 Å². The highest BCUT2D eigenvalue weighted by atomic mass is 19.1. The first-order chi connectivity index (χ1) is 12.1. The summed E-state index contributed by atoms with van der Waals surface area (Å²) < 4.78 is 20.0. The van der Waals surface area contributed by atoms with Crippen LogP contribution in [0.2, 0.25) is 0 Å². The van der Waals surface area contributed by atoms with Gasteiger partial charge in [0.05, 0.1) is 17.3 Å². The van der Waals surface area contributed by atoms with Crippen molar-refractivity contribution in [2.24, 2.45) is 0 Å². The highest BCUT2D eigenvalue weighted by Gasteiger charge is 2.13. The van der Waals surface area contributed by atoms with Crippen LogP contribution in [0, 0.1) is 5.82 Å². The molecule has 0 saturated heterocycles. The summed E-state index contributed by atoms with van der Waals surface area (Å²) in [5.41, 5.74) is 0.477. The van der Waals surface area contributed by atoms with E-state index in [0.29, 0.717) is 17.7 Å². The zero-order chi connectivity index (χ0) is 17.8. The lowest BCUT2D eigenvalue weighted by atomic mass is 10.2. The van der Waals surface area contributed by atoms with Crippen LogP contribution in [0.4, 0.5) is 4.39 Å². The molecule has 25 heavy (non-hydrogen) atoms. The van der Waals surface area contributed by atoms with Crippen molar-refractivity contribution in [3.63, 3.8) is 0 Å². The minimum atomic E-state index is -0.521. The van der Waals surface area contributed by atoms with Gasteiger partial charge in [0.15, 0.2) is 0 Å². The second-order valence-corrected chi connectivity index (χ2v) is 5.14. The number of amides is 1. The molecular weight excluding hydrogens is 329 g/mol. The highest BCUT2D eigenvalue weighted by Crippen LogP contribution is 2.23. The predicted octanol–water partition coefficient (Wildman–Crippen LogP) is 1.24. The fraction of sp³-hybridized carbons (Fsp3) is 0.188. The van der Waals surface area contributed by atoms with E-state index in [2.05, 4.69) is 20.5 Å². The van der Waals surface area contributed by atoms with Gasteiger partial charge in [-0.3, -0.25) is 14.6 Å². The maximum absolute atomic E-state index is 13.2. The zero-order valence-corrected chi connectivity index (χ0v) is 13.3. The van der Waals surface area contributed by atoms with Gasteiger partial charge in [0.2, 0.25) is 17.7 Å². The number of hydrogen-bond acceptors (Lipinski definition) is 6. The normalized spacial score (nSPS) is 10.6. The molecule has 3 heterocycles. The van der Waals surface area contributed by atoms with Gasteiger partial charge in [-0.05, 0) is 19.1 Å². The highest BCUT2D eigenvalue weighted by molar-refractivity contribution is 5.75. The number of halogens is 1. The fourth-order valence-corrected chi connectivity index (χ4v) is 2.17. The van der Waals surface area contributed by atoms with E-state index in [9.17, 15) is 14.0 Å². The molecular formula is C16H14FN5O3. The minimum Gasteiger partial charge on any atom is -0.416 e. The number of likely N-dealkylation sites (N-methyl/N-ethyl adjacent to an activating group) is 1. The molecule has 9 heteroatoms. The number of carbonyl (C=O) groups excluding carboxylic acids is 1. The van der Waals surface area contributed by atoms with Crippen LogP contribution in [0.15, 0.2) is 46.0 Å². The van der Waals surface area contributed by atoms with Crippen LogP contribution in [0.25, 0.3) is 22.9 Å². The van der Waals surface area contributed by atoms with E-state index in [-0.39, 0.29) is 29.8 Å². The van der Waals surface area contributed by atoms with Crippen molar-refractivity contribution in [2.45, 2.75) is 13.5 Å². The number of nitrogens with one attached hydrogen (secondary N) is 1. The van der Waals surface area contributed by atoms with Crippen molar-refractivity contribution < 1.29 is 13.6 Å². The lowest BCUT2D eigenvalue weighted by Gasteiger charge is -2.06. The number of aromatic nitrogens is 4. The number of carbonyl (C=O) groups is 1. The van der Waals surface area contributed by atoms with Crippen LogP contribution < -0.4 is 10.9 Å². The van der Waals surface area contributed by atoms with Crippen LogP contribution in [0.5, 0.6) is 0 Å². The van der Waals surface area contributed by atoms with Crippen molar-refractivity contribution in [1.82, 2.24) is 25.1 Å².